The van der Waals surface area contributed by atoms with Crippen molar-refractivity contribution in [3.63, 3.8) is 0 Å². The van der Waals surface area contributed by atoms with E-state index < -0.39 is 67.0 Å². The summed E-state index contributed by atoms with van der Waals surface area (Å²) in [6.07, 6.45) is -5.42. The number of carbonyl (C=O) groups is 5. The Morgan fingerprint density at radius 1 is 0.939 bits per heavy atom. The molecule has 0 radical (unpaired) electrons. The molecule has 12 nitrogen and oxygen atoms in total. The Bertz CT molecular complexity index is 915. The van der Waals surface area contributed by atoms with Gasteiger partial charge in [0.05, 0.1) is 5.56 Å². The molecule has 12 heteroatoms. The van der Waals surface area contributed by atoms with Crippen LogP contribution in [0.25, 0.3) is 0 Å². The summed E-state index contributed by atoms with van der Waals surface area (Å²) in [5.74, 6) is -3.90. The van der Waals surface area contributed by atoms with Gasteiger partial charge in [-0.05, 0) is 18.2 Å². The third kappa shape index (κ3) is 7.45. The third-order valence-corrected chi connectivity index (χ3v) is 4.38. The van der Waals surface area contributed by atoms with Gasteiger partial charge >= 0.3 is 23.9 Å². The molecule has 1 heterocycles. The molecule has 5 atom stereocenters. The second-order valence-corrected chi connectivity index (χ2v) is 7.18. The molecule has 1 saturated heterocycles. The Morgan fingerprint density at radius 3 is 2.12 bits per heavy atom. The fourth-order valence-electron chi connectivity index (χ4n) is 3.20. The number of hydrogen-bond acceptors (Lipinski definition) is 11. The molecule has 2 rings (SSSR count). The summed E-state index contributed by atoms with van der Waals surface area (Å²) in [5.41, 5.74) is -0.0251. The number of carbonyl (C=O) groups excluding carboxylic acids is 5. The normalized spacial score (nSPS) is 24.2. The van der Waals surface area contributed by atoms with E-state index in [-0.39, 0.29) is 11.3 Å². The van der Waals surface area contributed by atoms with Crippen LogP contribution in [0.5, 0.6) is 5.75 Å². The van der Waals surface area contributed by atoms with Crippen LogP contribution >= 0.6 is 0 Å². The van der Waals surface area contributed by atoms with Crippen molar-refractivity contribution < 1.29 is 52.8 Å². The van der Waals surface area contributed by atoms with Crippen LogP contribution in [-0.4, -0.2) is 72.1 Å². The van der Waals surface area contributed by atoms with Crippen LogP contribution in [0.15, 0.2) is 24.3 Å². The van der Waals surface area contributed by atoms with E-state index in [9.17, 15) is 29.1 Å². The quantitative estimate of drug-likeness (QED) is 0.416. The number of esters is 4. The largest absolute Gasteiger partial charge is 0.508 e. The fraction of sp³-hybridized carbons (Fsp3) is 0.476. The number of rotatable bonds is 7. The van der Waals surface area contributed by atoms with Gasteiger partial charge in [0.2, 0.25) is 12.2 Å². The molecule has 33 heavy (non-hydrogen) atoms. The molecule has 1 amide bonds. The van der Waals surface area contributed by atoms with Gasteiger partial charge < -0.3 is 34.1 Å². The topological polar surface area (TPSA) is 164 Å². The van der Waals surface area contributed by atoms with E-state index in [1.165, 1.54) is 25.1 Å². The summed E-state index contributed by atoms with van der Waals surface area (Å²) in [6.45, 7) is 4.09. The van der Waals surface area contributed by atoms with E-state index in [1.807, 2.05) is 0 Å². The van der Waals surface area contributed by atoms with Crippen LogP contribution in [0, 0.1) is 0 Å². The Kier molecular flexibility index (Phi) is 8.74. The summed E-state index contributed by atoms with van der Waals surface area (Å²) in [5, 5.41) is 12.1. The lowest BCUT2D eigenvalue weighted by molar-refractivity contribution is -0.263. The number of nitrogens with one attached hydrogen (secondary N) is 1. The Labute approximate surface area is 189 Å². The Balaban J connectivity index is 2.43. The minimum atomic E-state index is -1.54. The van der Waals surface area contributed by atoms with Crippen molar-refractivity contribution in [3.8, 4) is 5.75 Å². The van der Waals surface area contributed by atoms with Crippen LogP contribution in [0.3, 0.4) is 0 Å². The first-order chi connectivity index (χ1) is 15.5. The zero-order valence-corrected chi connectivity index (χ0v) is 18.4. The zero-order chi connectivity index (χ0) is 24.7. The molecule has 0 bridgehead atoms. The molecule has 0 saturated carbocycles. The zero-order valence-electron chi connectivity index (χ0n) is 18.4. The van der Waals surface area contributed by atoms with Gasteiger partial charge in [-0.1, -0.05) is 6.07 Å². The molecule has 1 aliphatic rings. The molecule has 1 fully saturated rings. The first-order valence-corrected chi connectivity index (χ1v) is 9.88. The maximum absolute atomic E-state index is 12.7. The standard InChI is InChI=1S/C21H25NO11/c1-10(23)22-17-19(31-13(4)26)18(30-12(3)25)16(9-29-11(2)24)32-21(17)33-20(28)14-6-5-7-15(27)8-14/h5-8,16-19,21,27H,9H2,1-4H3,(H,22,23)/t16-,17+,18+,19+,21+/m0/s1. The van der Waals surface area contributed by atoms with Crippen molar-refractivity contribution in [1.82, 2.24) is 5.32 Å². The molecular weight excluding hydrogens is 442 g/mol. The number of hydrogen-bond donors (Lipinski definition) is 2. The van der Waals surface area contributed by atoms with E-state index in [4.69, 9.17) is 23.7 Å². The van der Waals surface area contributed by atoms with Crippen molar-refractivity contribution in [1.29, 1.82) is 0 Å². The number of ether oxygens (including phenoxy) is 5. The van der Waals surface area contributed by atoms with Crippen LogP contribution in [0.2, 0.25) is 0 Å². The van der Waals surface area contributed by atoms with Crippen molar-refractivity contribution >= 4 is 29.8 Å². The lowest BCUT2D eigenvalue weighted by Crippen LogP contribution is -2.66. The molecule has 1 aliphatic heterocycles. The van der Waals surface area contributed by atoms with E-state index >= 15 is 0 Å². The average Bonchev–Trinajstić information content (AvgIpc) is 2.69. The Hall–Kier alpha value is -3.67. The summed E-state index contributed by atoms with van der Waals surface area (Å²) in [7, 11) is 0. The average molecular weight is 467 g/mol. The predicted molar refractivity (Wildman–Crippen MR) is 108 cm³/mol. The molecule has 2 N–H and O–H groups in total. The van der Waals surface area contributed by atoms with E-state index in [1.54, 1.807) is 0 Å². The van der Waals surface area contributed by atoms with E-state index in [0.29, 0.717) is 0 Å². The molecule has 0 spiro atoms. The van der Waals surface area contributed by atoms with Gasteiger partial charge in [0.15, 0.2) is 12.2 Å². The minimum Gasteiger partial charge on any atom is -0.508 e. The Morgan fingerprint density at radius 2 is 1.58 bits per heavy atom. The first-order valence-electron chi connectivity index (χ1n) is 9.88. The number of amides is 1. The molecule has 0 aromatic heterocycles. The summed E-state index contributed by atoms with van der Waals surface area (Å²) < 4.78 is 26.6. The monoisotopic (exact) mass is 467 g/mol. The number of benzene rings is 1. The minimum absolute atomic E-state index is 0.0251. The highest BCUT2D eigenvalue weighted by Crippen LogP contribution is 2.28. The van der Waals surface area contributed by atoms with E-state index in [0.717, 1.165) is 26.8 Å². The summed E-state index contributed by atoms with van der Waals surface area (Å²) in [6, 6.07) is 4.01. The number of aromatic hydroxyl groups is 1. The highest BCUT2D eigenvalue weighted by Gasteiger charge is 2.52. The van der Waals surface area contributed by atoms with Crippen molar-refractivity contribution in [2.75, 3.05) is 6.61 Å². The molecule has 1 aromatic carbocycles. The van der Waals surface area contributed by atoms with Crippen LogP contribution in [0.4, 0.5) is 0 Å². The molecule has 180 valence electrons. The van der Waals surface area contributed by atoms with Crippen LogP contribution < -0.4 is 5.32 Å². The molecular formula is C21H25NO11. The van der Waals surface area contributed by atoms with E-state index in [2.05, 4.69) is 5.32 Å². The SMILES string of the molecule is CC(=O)N[C@H]1[C@@H](OC(=O)c2cccc(O)c2)O[C@@H](COC(C)=O)[C@@H](OC(C)=O)[C@@H]1OC(C)=O. The lowest BCUT2D eigenvalue weighted by Gasteiger charge is -2.44. The maximum Gasteiger partial charge on any atom is 0.340 e. The number of phenolic OH excluding ortho intramolecular Hbond substituents is 1. The van der Waals surface area contributed by atoms with Crippen molar-refractivity contribution in [3.05, 3.63) is 29.8 Å². The van der Waals surface area contributed by atoms with Gasteiger partial charge in [0, 0.05) is 27.7 Å². The molecule has 0 unspecified atom stereocenters. The summed E-state index contributed by atoms with van der Waals surface area (Å²) in [4.78, 5) is 59.3. The lowest BCUT2D eigenvalue weighted by atomic mass is 9.96. The maximum atomic E-state index is 12.7. The molecule has 0 aliphatic carbocycles. The highest BCUT2D eigenvalue weighted by atomic mass is 16.7. The second kappa shape index (κ2) is 11.3. The van der Waals surface area contributed by atoms with Gasteiger partial charge in [0.1, 0.15) is 24.5 Å². The highest BCUT2D eigenvalue weighted by molar-refractivity contribution is 5.90. The fourth-order valence-corrected chi connectivity index (χ4v) is 3.20. The van der Waals surface area contributed by atoms with Crippen molar-refractivity contribution in [2.45, 2.75) is 58.3 Å². The molecule has 1 aromatic rings. The summed E-state index contributed by atoms with van der Waals surface area (Å²) >= 11 is 0. The van der Waals surface area contributed by atoms with Crippen LogP contribution in [-0.2, 0) is 42.9 Å². The smallest absolute Gasteiger partial charge is 0.340 e. The van der Waals surface area contributed by atoms with Gasteiger partial charge in [-0.25, -0.2) is 4.79 Å². The first kappa shape index (κ1) is 25.6. The predicted octanol–water partition coefficient (Wildman–Crippen LogP) is 0.205. The van der Waals surface area contributed by atoms with Gasteiger partial charge in [-0.15, -0.1) is 0 Å². The van der Waals surface area contributed by atoms with Crippen LogP contribution in [0.1, 0.15) is 38.1 Å². The second-order valence-electron chi connectivity index (χ2n) is 7.18. The van der Waals surface area contributed by atoms with Crippen molar-refractivity contribution in [2.24, 2.45) is 0 Å². The van der Waals surface area contributed by atoms with Gasteiger partial charge in [-0.3, -0.25) is 19.2 Å². The number of phenols is 1. The third-order valence-electron chi connectivity index (χ3n) is 4.38. The van der Waals surface area contributed by atoms with Gasteiger partial charge in [-0.2, -0.15) is 0 Å². The van der Waals surface area contributed by atoms with Gasteiger partial charge in [0.25, 0.3) is 0 Å².